The summed E-state index contributed by atoms with van der Waals surface area (Å²) < 4.78 is 5.15. The van der Waals surface area contributed by atoms with Crippen LogP contribution in [0, 0.1) is 0 Å². The molecule has 1 aliphatic rings. The average molecular weight is 340 g/mol. The number of piperazine rings is 1. The molecule has 25 heavy (non-hydrogen) atoms. The fourth-order valence-electron chi connectivity index (χ4n) is 3.04. The van der Waals surface area contributed by atoms with Crippen LogP contribution in [0.25, 0.3) is 0 Å². The van der Waals surface area contributed by atoms with E-state index in [4.69, 9.17) is 4.74 Å². The van der Waals surface area contributed by atoms with E-state index < -0.39 is 0 Å². The van der Waals surface area contributed by atoms with E-state index >= 15 is 0 Å². The van der Waals surface area contributed by atoms with Crippen LogP contribution in [-0.2, 0) is 4.79 Å². The molecule has 0 N–H and O–H groups in total. The van der Waals surface area contributed by atoms with E-state index in [1.165, 1.54) is 5.56 Å². The number of carbonyl (C=O) groups excluding carboxylic acids is 1. The molecular formula is C19H24N4O2. The Labute approximate surface area is 148 Å². The summed E-state index contributed by atoms with van der Waals surface area (Å²) in [5.41, 5.74) is 1.21. The number of methoxy groups -OCH3 is 1. The lowest BCUT2D eigenvalue weighted by atomic mass is 9.97. The second kappa shape index (κ2) is 7.96. The molecule has 1 atom stereocenters. The first-order valence-electron chi connectivity index (χ1n) is 8.62. The third-order valence-electron chi connectivity index (χ3n) is 4.59. The number of hydrogen-bond acceptors (Lipinski definition) is 5. The molecule has 3 rings (SSSR count). The zero-order chi connectivity index (χ0) is 17.6. The summed E-state index contributed by atoms with van der Waals surface area (Å²) in [7, 11) is 1.59. The number of aromatic nitrogens is 2. The van der Waals surface area contributed by atoms with Gasteiger partial charge in [-0.15, -0.1) is 0 Å². The normalized spacial score (nSPS) is 15.8. The van der Waals surface area contributed by atoms with Crippen molar-refractivity contribution < 1.29 is 9.53 Å². The van der Waals surface area contributed by atoms with Crippen molar-refractivity contribution in [1.82, 2.24) is 14.9 Å². The number of rotatable bonds is 5. The highest BCUT2D eigenvalue weighted by molar-refractivity contribution is 5.77. The van der Waals surface area contributed by atoms with E-state index in [1.54, 1.807) is 19.4 Å². The lowest BCUT2D eigenvalue weighted by molar-refractivity contribution is -0.131. The third kappa shape index (κ3) is 4.26. The summed E-state index contributed by atoms with van der Waals surface area (Å²) in [4.78, 5) is 25.3. The maximum atomic E-state index is 12.6. The lowest BCUT2D eigenvalue weighted by Gasteiger charge is -2.35. The van der Waals surface area contributed by atoms with Crippen LogP contribution < -0.4 is 9.64 Å². The maximum absolute atomic E-state index is 12.6. The van der Waals surface area contributed by atoms with Crippen LogP contribution in [0.15, 0.2) is 42.6 Å². The van der Waals surface area contributed by atoms with Crippen LogP contribution in [-0.4, -0.2) is 54.1 Å². The van der Waals surface area contributed by atoms with Crippen LogP contribution in [0.1, 0.15) is 24.8 Å². The molecule has 1 aliphatic heterocycles. The van der Waals surface area contributed by atoms with Crippen molar-refractivity contribution in [2.75, 3.05) is 38.2 Å². The standard InChI is InChI=1S/C19H24N4O2/c1-15(16-6-4-3-5-7-16)14-18(24)22-10-12-23(13-11-22)19-20-9-8-17(21-19)25-2/h3-9,15H,10-14H2,1-2H3/t15-/m1/s1. The molecular weight excluding hydrogens is 316 g/mol. The van der Waals surface area contributed by atoms with Crippen LogP contribution in [0.3, 0.4) is 0 Å². The minimum absolute atomic E-state index is 0.211. The van der Waals surface area contributed by atoms with E-state index in [0.29, 0.717) is 31.3 Å². The van der Waals surface area contributed by atoms with Gasteiger partial charge in [-0.25, -0.2) is 4.98 Å². The monoisotopic (exact) mass is 340 g/mol. The van der Waals surface area contributed by atoms with Gasteiger partial charge in [0.05, 0.1) is 7.11 Å². The Morgan fingerprint density at radius 2 is 1.88 bits per heavy atom. The molecule has 2 aromatic rings. The van der Waals surface area contributed by atoms with Gasteiger partial charge in [0.1, 0.15) is 0 Å². The van der Waals surface area contributed by atoms with E-state index in [2.05, 4.69) is 33.9 Å². The molecule has 0 radical (unpaired) electrons. The van der Waals surface area contributed by atoms with Crippen molar-refractivity contribution in [3.05, 3.63) is 48.2 Å². The number of hydrogen-bond donors (Lipinski definition) is 0. The molecule has 1 saturated heterocycles. The molecule has 0 bridgehead atoms. The van der Waals surface area contributed by atoms with Crippen LogP contribution >= 0.6 is 0 Å². The minimum atomic E-state index is 0.211. The number of ether oxygens (including phenoxy) is 1. The van der Waals surface area contributed by atoms with Crippen LogP contribution in [0.5, 0.6) is 5.88 Å². The molecule has 0 unspecified atom stereocenters. The van der Waals surface area contributed by atoms with E-state index in [1.807, 2.05) is 23.1 Å². The maximum Gasteiger partial charge on any atom is 0.228 e. The predicted octanol–water partition coefficient (Wildman–Crippen LogP) is 2.33. The number of nitrogens with zero attached hydrogens (tertiary/aromatic N) is 4. The Balaban J connectivity index is 1.54. The zero-order valence-electron chi connectivity index (χ0n) is 14.8. The first-order valence-corrected chi connectivity index (χ1v) is 8.62. The van der Waals surface area contributed by atoms with Gasteiger partial charge >= 0.3 is 0 Å². The largest absolute Gasteiger partial charge is 0.481 e. The molecule has 132 valence electrons. The smallest absolute Gasteiger partial charge is 0.228 e. The topological polar surface area (TPSA) is 58.6 Å². The Morgan fingerprint density at radius 1 is 1.16 bits per heavy atom. The highest BCUT2D eigenvalue weighted by Crippen LogP contribution is 2.21. The van der Waals surface area contributed by atoms with E-state index in [-0.39, 0.29) is 11.8 Å². The first kappa shape index (κ1) is 17.2. The van der Waals surface area contributed by atoms with Gasteiger partial charge in [0.2, 0.25) is 17.7 Å². The van der Waals surface area contributed by atoms with Gasteiger partial charge in [-0.1, -0.05) is 37.3 Å². The summed E-state index contributed by atoms with van der Waals surface area (Å²) in [6, 6.07) is 11.9. The zero-order valence-corrected chi connectivity index (χ0v) is 14.8. The molecule has 0 saturated carbocycles. The van der Waals surface area contributed by atoms with Crippen molar-refractivity contribution in [1.29, 1.82) is 0 Å². The lowest BCUT2D eigenvalue weighted by Crippen LogP contribution is -2.49. The van der Waals surface area contributed by atoms with Crippen molar-refractivity contribution in [2.24, 2.45) is 0 Å². The predicted molar refractivity (Wildman–Crippen MR) is 96.9 cm³/mol. The fraction of sp³-hybridized carbons (Fsp3) is 0.421. The average Bonchev–Trinajstić information content (AvgIpc) is 2.68. The molecule has 6 nitrogen and oxygen atoms in total. The van der Waals surface area contributed by atoms with Gasteiger partial charge in [0.25, 0.3) is 0 Å². The third-order valence-corrected chi connectivity index (χ3v) is 4.59. The van der Waals surface area contributed by atoms with Crippen molar-refractivity contribution in [2.45, 2.75) is 19.3 Å². The summed E-state index contributed by atoms with van der Waals surface area (Å²) >= 11 is 0. The van der Waals surface area contributed by atoms with Crippen molar-refractivity contribution in [3.63, 3.8) is 0 Å². The molecule has 2 heterocycles. The highest BCUT2D eigenvalue weighted by Gasteiger charge is 2.24. The van der Waals surface area contributed by atoms with Crippen molar-refractivity contribution >= 4 is 11.9 Å². The summed E-state index contributed by atoms with van der Waals surface area (Å²) in [6.07, 6.45) is 2.24. The first-order chi connectivity index (χ1) is 12.2. The Hall–Kier alpha value is -2.63. The van der Waals surface area contributed by atoms with Gasteiger partial charge in [0.15, 0.2) is 0 Å². The molecule has 0 spiro atoms. The van der Waals surface area contributed by atoms with E-state index in [9.17, 15) is 4.79 Å². The SMILES string of the molecule is COc1ccnc(N2CCN(C(=O)C[C@@H](C)c3ccccc3)CC2)n1. The van der Waals surface area contributed by atoms with Crippen molar-refractivity contribution in [3.8, 4) is 5.88 Å². The number of benzene rings is 1. The molecule has 0 aliphatic carbocycles. The molecule has 1 aromatic carbocycles. The summed E-state index contributed by atoms with van der Waals surface area (Å²) in [5, 5.41) is 0. The minimum Gasteiger partial charge on any atom is -0.481 e. The number of carbonyl (C=O) groups is 1. The van der Waals surface area contributed by atoms with Gasteiger partial charge in [-0.05, 0) is 11.5 Å². The van der Waals surface area contributed by atoms with Gasteiger partial charge < -0.3 is 14.5 Å². The van der Waals surface area contributed by atoms with Gasteiger partial charge in [0, 0.05) is 44.9 Å². The quantitative estimate of drug-likeness (QED) is 0.836. The second-order valence-corrected chi connectivity index (χ2v) is 6.28. The summed E-state index contributed by atoms with van der Waals surface area (Å²) in [6.45, 7) is 4.96. The van der Waals surface area contributed by atoms with E-state index in [0.717, 1.165) is 13.1 Å². The number of anilines is 1. The molecule has 1 aromatic heterocycles. The highest BCUT2D eigenvalue weighted by atomic mass is 16.5. The Morgan fingerprint density at radius 3 is 2.56 bits per heavy atom. The van der Waals surface area contributed by atoms with Crippen LogP contribution in [0.4, 0.5) is 5.95 Å². The van der Waals surface area contributed by atoms with Gasteiger partial charge in [-0.3, -0.25) is 4.79 Å². The fourth-order valence-corrected chi connectivity index (χ4v) is 3.04. The van der Waals surface area contributed by atoms with Crippen LogP contribution in [0.2, 0.25) is 0 Å². The summed E-state index contributed by atoms with van der Waals surface area (Å²) in [5.74, 6) is 1.65. The van der Waals surface area contributed by atoms with Gasteiger partial charge in [-0.2, -0.15) is 4.98 Å². The Bertz CT molecular complexity index is 700. The molecule has 6 heteroatoms. The Kier molecular flexibility index (Phi) is 5.48. The molecule has 1 amide bonds. The molecule has 1 fully saturated rings. The number of amides is 1. The second-order valence-electron chi connectivity index (χ2n) is 6.28.